The second-order valence-electron chi connectivity index (χ2n) is 6.11. The predicted octanol–water partition coefficient (Wildman–Crippen LogP) is 2.19. The number of thiophene rings is 1. The number of carbonyl (C=O) groups is 1. The first kappa shape index (κ1) is 19.0. The largest absolute Gasteiger partial charge is 0.460 e. The van der Waals surface area contributed by atoms with Crippen molar-refractivity contribution < 1.29 is 17.9 Å². The van der Waals surface area contributed by atoms with Crippen molar-refractivity contribution in [3.05, 3.63) is 53.4 Å². The topological polar surface area (TPSA) is 66.9 Å². The third-order valence-electron chi connectivity index (χ3n) is 4.23. The molecule has 140 valence electrons. The molecule has 8 heteroatoms. The minimum atomic E-state index is -3.43. The smallest absolute Gasteiger partial charge is 0.320 e. The van der Waals surface area contributed by atoms with Gasteiger partial charge < -0.3 is 4.74 Å². The molecule has 0 saturated carbocycles. The van der Waals surface area contributed by atoms with E-state index >= 15 is 0 Å². The molecule has 0 atom stereocenters. The van der Waals surface area contributed by atoms with E-state index in [1.165, 1.54) is 15.6 Å². The van der Waals surface area contributed by atoms with Crippen molar-refractivity contribution in [3.8, 4) is 0 Å². The summed E-state index contributed by atoms with van der Waals surface area (Å²) in [6.45, 7) is 2.48. The molecule has 2 aromatic rings. The summed E-state index contributed by atoms with van der Waals surface area (Å²) in [5.74, 6) is -0.289. The van der Waals surface area contributed by atoms with Gasteiger partial charge in [-0.05, 0) is 23.4 Å². The summed E-state index contributed by atoms with van der Waals surface area (Å²) in [5.41, 5.74) is 0.949. The van der Waals surface area contributed by atoms with Crippen LogP contribution in [-0.2, 0) is 26.2 Å². The number of hydrogen-bond acceptors (Lipinski definition) is 6. The van der Waals surface area contributed by atoms with Gasteiger partial charge in [0.15, 0.2) is 0 Å². The number of sulfonamides is 1. The molecule has 1 saturated heterocycles. The normalized spacial score (nSPS) is 16.9. The van der Waals surface area contributed by atoms with Gasteiger partial charge in [0.25, 0.3) is 10.0 Å². The summed E-state index contributed by atoms with van der Waals surface area (Å²) in [6.07, 6.45) is 0.691. The minimum Gasteiger partial charge on any atom is -0.460 e. The Morgan fingerprint density at radius 3 is 2.58 bits per heavy atom. The van der Waals surface area contributed by atoms with E-state index in [4.69, 9.17) is 4.74 Å². The fourth-order valence-electron chi connectivity index (χ4n) is 2.85. The van der Waals surface area contributed by atoms with E-state index in [0.717, 1.165) is 5.56 Å². The Bertz CT molecular complexity index is 807. The number of nitrogens with zero attached hydrogens (tertiary/aromatic N) is 2. The molecule has 0 radical (unpaired) electrons. The molecule has 3 rings (SSSR count). The highest BCUT2D eigenvalue weighted by molar-refractivity contribution is 7.91. The van der Waals surface area contributed by atoms with Crippen LogP contribution in [-0.4, -0.2) is 56.3 Å². The third-order valence-corrected chi connectivity index (χ3v) is 7.50. The number of benzene rings is 1. The molecule has 0 unspecified atom stereocenters. The Morgan fingerprint density at radius 1 is 1.04 bits per heavy atom. The van der Waals surface area contributed by atoms with Gasteiger partial charge in [0.1, 0.15) is 10.8 Å². The van der Waals surface area contributed by atoms with Crippen molar-refractivity contribution in [1.29, 1.82) is 0 Å². The maximum atomic E-state index is 12.6. The number of carbonyl (C=O) groups excluding carboxylic acids is 1. The summed E-state index contributed by atoms with van der Waals surface area (Å²) < 4.78 is 32.4. The zero-order chi connectivity index (χ0) is 18.4. The molecular weight excluding hydrogens is 372 g/mol. The molecular formula is C18H22N2O4S2. The molecule has 1 aromatic heterocycles. The van der Waals surface area contributed by atoms with Gasteiger partial charge in [-0.3, -0.25) is 9.69 Å². The second-order valence-corrected chi connectivity index (χ2v) is 9.22. The maximum Gasteiger partial charge on any atom is 0.320 e. The van der Waals surface area contributed by atoms with Crippen LogP contribution in [0.25, 0.3) is 0 Å². The lowest BCUT2D eigenvalue weighted by molar-refractivity contribution is -0.146. The SMILES string of the molecule is O=C(CN1CCCN(S(=O)(=O)c2cccs2)CC1)OCc1ccccc1. The number of ether oxygens (including phenoxy) is 1. The Kier molecular flexibility index (Phi) is 6.42. The molecule has 2 heterocycles. The van der Waals surface area contributed by atoms with Crippen molar-refractivity contribution in [1.82, 2.24) is 9.21 Å². The quantitative estimate of drug-likeness (QED) is 0.703. The molecule has 1 aliphatic rings. The molecule has 6 nitrogen and oxygen atoms in total. The van der Waals surface area contributed by atoms with Crippen LogP contribution in [0.1, 0.15) is 12.0 Å². The fourth-order valence-corrected chi connectivity index (χ4v) is 5.46. The average Bonchev–Trinajstić information content (AvgIpc) is 3.09. The fraction of sp³-hybridized carbons (Fsp3) is 0.389. The number of hydrogen-bond donors (Lipinski definition) is 0. The molecule has 1 aliphatic heterocycles. The highest BCUT2D eigenvalue weighted by atomic mass is 32.2. The van der Waals surface area contributed by atoms with Crippen molar-refractivity contribution >= 4 is 27.3 Å². The van der Waals surface area contributed by atoms with Crippen LogP contribution in [0.15, 0.2) is 52.1 Å². The Balaban J connectivity index is 1.50. The van der Waals surface area contributed by atoms with E-state index < -0.39 is 10.0 Å². The molecule has 1 aromatic carbocycles. The number of esters is 1. The van der Waals surface area contributed by atoms with Crippen LogP contribution in [0, 0.1) is 0 Å². The molecule has 0 aliphatic carbocycles. The molecule has 26 heavy (non-hydrogen) atoms. The van der Waals surface area contributed by atoms with Crippen LogP contribution >= 0.6 is 11.3 Å². The first-order chi connectivity index (χ1) is 12.6. The van der Waals surface area contributed by atoms with Crippen LogP contribution in [0.2, 0.25) is 0 Å². The Labute approximate surface area is 158 Å². The standard InChI is InChI=1S/C18H22N2O4S2/c21-17(24-15-16-6-2-1-3-7-16)14-19-9-5-10-20(12-11-19)26(22,23)18-8-4-13-25-18/h1-4,6-8,13H,5,9-12,14-15H2. The van der Waals surface area contributed by atoms with Gasteiger partial charge in [-0.25, -0.2) is 8.42 Å². The van der Waals surface area contributed by atoms with Crippen molar-refractivity contribution in [2.75, 3.05) is 32.7 Å². The summed E-state index contributed by atoms with van der Waals surface area (Å²) in [4.78, 5) is 14.0. The van der Waals surface area contributed by atoms with Gasteiger partial charge in [-0.15, -0.1) is 11.3 Å². The van der Waals surface area contributed by atoms with E-state index in [0.29, 0.717) is 36.8 Å². The first-order valence-corrected chi connectivity index (χ1v) is 10.8. The Morgan fingerprint density at radius 2 is 1.85 bits per heavy atom. The van der Waals surface area contributed by atoms with Crippen molar-refractivity contribution in [3.63, 3.8) is 0 Å². The molecule has 0 N–H and O–H groups in total. The second kappa shape index (κ2) is 8.77. The van der Waals surface area contributed by atoms with Gasteiger partial charge in [-0.1, -0.05) is 36.4 Å². The van der Waals surface area contributed by atoms with Gasteiger partial charge in [0, 0.05) is 26.2 Å². The lowest BCUT2D eigenvalue weighted by atomic mass is 10.2. The van der Waals surface area contributed by atoms with E-state index in [2.05, 4.69) is 0 Å². The van der Waals surface area contributed by atoms with Gasteiger partial charge in [0.2, 0.25) is 0 Å². The maximum absolute atomic E-state index is 12.6. The van der Waals surface area contributed by atoms with Crippen LogP contribution < -0.4 is 0 Å². The average molecular weight is 395 g/mol. The zero-order valence-corrected chi connectivity index (χ0v) is 16.0. The summed E-state index contributed by atoms with van der Waals surface area (Å²) in [5, 5.41) is 1.76. The molecule has 0 bridgehead atoms. The van der Waals surface area contributed by atoms with Crippen LogP contribution in [0.5, 0.6) is 0 Å². The lowest BCUT2D eigenvalue weighted by Gasteiger charge is -2.20. The molecule has 0 amide bonds. The van der Waals surface area contributed by atoms with E-state index in [1.54, 1.807) is 17.5 Å². The first-order valence-electron chi connectivity index (χ1n) is 8.51. The van der Waals surface area contributed by atoms with E-state index in [-0.39, 0.29) is 19.1 Å². The number of rotatable bonds is 6. The van der Waals surface area contributed by atoms with Crippen molar-refractivity contribution in [2.45, 2.75) is 17.2 Å². The lowest BCUT2D eigenvalue weighted by Crippen LogP contribution is -2.36. The Hall–Kier alpha value is -1.74. The summed E-state index contributed by atoms with van der Waals surface area (Å²) in [6, 6.07) is 12.9. The van der Waals surface area contributed by atoms with Gasteiger partial charge in [-0.2, -0.15) is 4.31 Å². The van der Waals surface area contributed by atoms with Crippen LogP contribution in [0.4, 0.5) is 0 Å². The van der Waals surface area contributed by atoms with E-state index in [9.17, 15) is 13.2 Å². The van der Waals surface area contributed by atoms with E-state index in [1.807, 2.05) is 35.2 Å². The summed E-state index contributed by atoms with van der Waals surface area (Å²) >= 11 is 1.23. The molecule has 1 fully saturated rings. The highest BCUT2D eigenvalue weighted by Gasteiger charge is 2.28. The molecule has 0 spiro atoms. The van der Waals surface area contributed by atoms with Gasteiger partial charge >= 0.3 is 5.97 Å². The minimum absolute atomic E-state index is 0.180. The van der Waals surface area contributed by atoms with Crippen molar-refractivity contribution in [2.24, 2.45) is 0 Å². The monoisotopic (exact) mass is 394 g/mol. The third kappa shape index (κ3) is 4.91. The predicted molar refractivity (Wildman–Crippen MR) is 100 cm³/mol. The zero-order valence-electron chi connectivity index (χ0n) is 14.4. The van der Waals surface area contributed by atoms with Crippen LogP contribution in [0.3, 0.4) is 0 Å². The van der Waals surface area contributed by atoms with Gasteiger partial charge in [0.05, 0.1) is 6.54 Å². The summed E-state index contributed by atoms with van der Waals surface area (Å²) in [7, 11) is -3.43. The highest BCUT2D eigenvalue weighted by Crippen LogP contribution is 2.22.